The van der Waals surface area contributed by atoms with E-state index in [1.807, 2.05) is 36.9 Å². The fourth-order valence-corrected chi connectivity index (χ4v) is 6.98. The predicted octanol–water partition coefficient (Wildman–Crippen LogP) is 6.82. The molecule has 1 unspecified atom stereocenters. The maximum absolute atomic E-state index is 13.7. The first-order valence-electron chi connectivity index (χ1n) is 15.8. The number of aldehydes is 2. The van der Waals surface area contributed by atoms with Gasteiger partial charge in [-0.15, -0.1) is 0 Å². The molecule has 5 rings (SSSR count). The third kappa shape index (κ3) is 11.6. The van der Waals surface area contributed by atoms with Crippen molar-refractivity contribution in [2.45, 2.75) is 18.7 Å². The van der Waals surface area contributed by atoms with Crippen LogP contribution >= 0.6 is 46.4 Å². The summed E-state index contributed by atoms with van der Waals surface area (Å²) in [5, 5.41) is 2.17. The number of halogens is 4. The van der Waals surface area contributed by atoms with E-state index in [9.17, 15) is 31.6 Å². The molecule has 0 aromatic heterocycles. The van der Waals surface area contributed by atoms with E-state index in [1.54, 1.807) is 24.3 Å². The molecule has 0 bridgehead atoms. The van der Waals surface area contributed by atoms with Crippen molar-refractivity contribution in [3.05, 3.63) is 110 Å². The average Bonchev–Trinajstić information content (AvgIpc) is 3.44. The van der Waals surface area contributed by atoms with Crippen molar-refractivity contribution in [1.82, 2.24) is 10.1 Å². The molecular weight excluding hydrogens is 838 g/mol. The molecule has 1 fully saturated rings. The molecule has 1 amide bonds. The maximum atomic E-state index is 13.7. The summed E-state index contributed by atoms with van der Waals surface area (Å²) in [6.45, 7) is 5.02. The number of carbonyl (C=O) groups excluding carboxylic acids is 3. The fraction of sp³-hybridized carbons (Fsp3) is 0.171. The van der Waals surface area contributed by atoms with E-state index in [2.05, 4.69) is 24.3 Å². The van der Waals surface area contributed by atoms with Gasteiger partial charge in [-0.25, -0.2) is 15.0 Å². The van der Waals surface area contributed by atoms with Crippen LogP contribution in [0.2, 0.25) is 20.1 Å². The van der Waals surface area contributed by atoms with E-state index in [0.29, 0.717) is 47.1 Å². The minimum absolute atomic E-state index is 0.00345. The molecule has 2 N–H and O–H groups in total. The zero-order valence-corrected chi connectivity index (χ0v) is 33.7. The summed E-state index contributed by atoms with van der Waals surface area (Å²) in [6.07, 6.45) is 0.979. The van der Waals surface area contributed by atoms with Crippen molar-refractivity contribution in [3.63, 3.8) is 0 Å². The summed E-state index contributed by atoms with van der Waals surface area (Å²) in [7, 11) is -2.68. The van der Waals surface area contributed by atoms with Gasteiger partial charge in [-0.05, 0) is 97.2 Å². The van der Waals surface area contributed by atoms with Gasteiger partial charge in [0.25, 0.3) is 5.91 Å². The van der Waals surface area contributed by atoms with E-state index in [4.69, 9.17) is 46.4 Å². The average molecular weight is 870 g/mol. The minimum Gasteiger partial charge on any atom is -0.768 e. The molecule has 1 heterocycles. The number of aliphatic imine (C=N–C) groups is 2. The Balaban J connectivity index is 0.000000437. The van der Waals surface area contributed by atoms with Crippen LogP contribution in [0.5, 0.6) is 0 Å². The topological polar surface area (TPSA) is 190 Å². The SMILES string of the molecule is CCN(CCNS(=O)(=O)OC)c1ccc(N=C2C(=O)N(c3c(Cl)cc(Cl)cc3Cl)NC2=Nc2cc(C)ccc2Cl)cc1.O=Cc1cc(C=O)cc(S(=O)[O-])c1. The Kier molecular flexibility index (Phi) is 15.5. The zero-order chi connectivity index (χ0) is 40.4. The van der Waals surface area contributed by atoms with Gasteiger partial charge in [0, 0.05) is 46.4 Å². The van der Waals surface area contributed by atoms with Crippen LogP contribution in [0.1, 0.15) is 33.2 Å². The Morgan fingerprint density at radius 2 is 1.55 bits per heavy atom. The highest BCUT2D eigenvalue weighted by Gasteiger charge is 2.37. The molecule has 0 aliphatic carbocycles. The second kappa shape index (κ2) is 19.6. The number of hydrazine groups is 1. The van der Waals surface area contributed by atoms with Crippen LogP contribution < -0.4 is 20.1 Å². The molecule has 0 radical (unpaired) electrons. The number of amides is 1. The number of hydrogen-bond donors (Lipinski definition) is 2. The van der Waals surface area contributed by atoms with Crippen molar-refractivity contribution in [1.29, 1.82) is 0 Å². The molecule has 290 valence electrons. The maximum Gasteiger partial charge on any atom is 0.335 e. The van der Waals surface area contributed by atoms with Gasteiger partial charge in [-0.2, -0.15) is 13.1 Å². The standard InChI is InChI=1S/C27H26Cl4N6O4S.C8H6O4S/c1-4-36(12-11-32-42(39,40)41-3)19-8-6-18(7-9-19)33-24-26(34-23-13-16(2)5-10-20(23)29)35-37(27(24)38)25-21(30)14-17(28)15-22(25)31;9-4-6-1-7(5-10)3-8(2-6)13(11)12/h5-10,13-15,32H,4,11-12H2,1-3H3,(H,34,35);1-5H,(H,11,12)/p-1. The first kappa shape index (κ1) is 43.5. The van der Waals surface area contributed by atoms with E-state index >= 15 is 0 Å². The van der Waals surface area contributed by atoms with Gasteiger partial charge >= 0.3 is 10.3 Å². The summed E-state index contributed by atoms with van der Waals surface area (Å²) >= 11 is 22.9. The zero-order valence-electron chi connectivity index (χ0n) is 29.1. The summed E-state index contributed by atoms with van der Waals surface area (Å²) < 4.78 is 50.9. The summed E-state index contributed by atoms with van der Waals surface area (Å²) in [4.78, 5) is 45.5. The number of likely N-dealkylation sites (N-methyl/N-ethyl adjacent to an activating group) is 1. The Morgan fingerprint density at radius 1 is 0.927 bits per heavy atom. The van der Waals surface area contributed by atoms with Gasteiger partial charge in [-0.1, -0.05) is 52.5 Å². The van der Waals surface area contributed by atoms with Gasteiger partial charge in [0.05, 0.1) is 33.6 Å². The van der Waals surface area contributed by atoms with Gasteiger partial charge in [0.2, 0.25) is 0 Å². The second-order valence-electron chi connectivity index (χ2n) is 11.3. The summed E-state index contributed by atoms with van der Waals surface area (Å²) in [5.41, 5.74) is 6.16. The molecule has 1 atom stereocenters. The minimum atomic E-state index is -3.78. The van der Waals surface area contributed by atoms with Crippen molar-refractivity contribution >= 4 is 121 Å². The molecule has 1 saturated heterocycles. The fourth-order valence-electron chi connectivity index (χ4n) is 4.91. The highest BCUT2D eigenvalue weighted by Crippen LogP contribution is 2.37. The molecule has 0 spiro atoms. The number of rotatable bonds is 13. The number of benzene rings is 4. The molecule has 4 aromatic carbocycles. The first-order chi connectivity index (χ1) is 26.1. The Labute approximate surface area is 339 Å². The number of carbonyl (C=O) groups is 3. The van der Waals surface area contributed by atoms with Crippen molar-refractivity contribution < 1.29 is 35.7 Å². The number of nitrogens with one attached hydrogen (secondary N) is 2. The lowest BCUT2D eigenvalue weighted by Gasteiger charge is -2.23. The number of amidine groups is 1. The molecule has 0 saturated carbocycles. The van der Waals surface area contributed by atoms with E-state index in [1.165, 1.54) is 30.3 Å². The van der Waals surface area contributed by atoms with Crippen molar-refractivity contribution in [2.75, 3.05) is 36.7 Å². The Hall–Kier alpha value is -4.23. The molecule has 4 aromatic rings. The quantitative estimate of drug-likeness (QED) is 0.107. The van der Waals surface area contributed by atoms with Crippen LogP contribution in [0.25, 0.3) is 0 Å². The third-order valence-electron chi connectivity index (χ3n) is 7.52. The summed E-state index contributed by atoms with van der Waals surface area (Å²) in [6, 6.07) is 19.1. The monoisotopic (exact) mass is 867 g/mol. The highest BCUT2D eigenvalue weighted by atomic mass is 35.5. The van der Waals surface area contributed by atoms with Gasteiger partial charge in [-0.3, -0.25) is 28.2 Å². The van der Waals surface area contributed by atoms with E-state index in [0.717, 1.165) is 23.4 Å². The van der Waals surface area contributed by atoms with Gasteiger partial charge in [0.1, 0.15) is 18.3 Å². The third-order valence-corrected chi connectivity index (χ3v) is 10.3. The largest absolute Gasteiger partial charge is 0.768 e. The number of hydrogen-bond acceptors (Lipinski definition) is 11. The number of anilines is 2. The predicted molar refractivity (Wildman–Crippen MR) is 215 cm³/mol. The lowest BCUT2D eigenvalue weighted by molar-refractivity contribution is -0.112. The molecule has 1 aliphatic heterocycles. The summed E-state index contributed by atoms with van der Waals surface area (Å²) in [5.74, 6) is -0.410. The highest BCUT2D eigenvalue weighted by molar-refractivity contribution is 7.84. The van der Waals surface area contributed by atoms with Crippen LogP contribution in [0.3, 0.4) is 0 Å². The van der Waals surface area contributed by atoms with Crippen LogP contribution in [0.4, 0.5) is 22.7 Å². The van der Waals surface area contributed by atoms with Gasteiger partial charge in [0.15, 0.2) is 11.5 Å². The van der Waals surface area contributed by atoms with Crippen LogP contribution in [-0.4, -0.2) is 74.0 Å². The smallest absolute Gasteiger partial charge is 0.335 e. The normalized spacial score (nSPS) is 14.7. The Morgan fingerprint density at radius 3 is 2.09 bits per heavy atom. The molecule has 55 heavy (non-hydrogen) atoms. The van der Waals surface area contributed by atoms with Crippen LogP contribution in [0.15, 0.2) is 87.7 Å². The molecule has 20 heteroatoms. The first-order valence-corrected chi connectivity index (χ1v) is 19.8. The molecule has 14 nitrogen and oxygen atoms in total. The molecule has 1 aliphatic rings. The number of nitrogens with zero attached hydrogens (tertiary/aromatic N) is 4. The molecular formula is C35H31Cl4N6O8S2-. The van der Waals surface area contributed by atoms with E-state index < -0.39 is 27.3 Å². The second-order valence-corrected chi connectivity index (χ2v) is 15.4. The van der Waals surface area contributed by atoms with Gasteiger partial charge < -0.3 is 9.45 Å². The lowest BCUT2D eigenvalue weighted by atomic mass is 10.1. The van der Waals surface area contributed by atoms with Crippen LogP contribution in [0, 0.1) is 6.92 Å². The van der Waals surface area contributed by atoms with E-state index in [-0.39, 0.29) is 49.8 Å². The van der Waals surface area contributed by atoms with Crippen molar-refractivity contribution in [2.24, 2.45) is 9.98 Å². The van der Waals surface area contributed by atoms with Crippen LogP contribution in [-0.2, 0) is 30.4 Å². The van der Waals surface area contributed by atoms with Crippen molar-refractivity contribution in [3.8, 4) is 0 Å². The lowest BCUT2D eigenvalue weighted by Crippen LogP contribution is -2.36. The number of aryl methyl sites for hydroxylation is 1. The Bertz CT molecular complexity index is 2240.